The van der Waals surface area contributed by atoms with E-state index in [1.165, 1.54) is 23.3 Å². The molecule has 2 atom stereocenters. The summed E-state index contributed by atoms with van der Waals surface area (Å²) in [6, 6.07) is 4.36. The second-order valence-corrected chi connectivity index (χ2v) is 5.74. The van der Waals surface area contributed by atoms with Gasteiger partial charge in [-0.3, -0.25) is 4.79 Å². The number of carbonyl (C=O) groups excluding carboxylic acids is 1. The monoisotopic (exact) mass is 351 g/mol. The smallest absolute Gasteiger partial charge is 0.404 e. The maximum Gasteiger partial charge on any atom is 0.404 e. The zero-order valence-electron chi connectivity index (χ0n) is 12.9. The molecule has 0 aliphatic heterocycles. The number of amides is 2. The first-order valence-corrected chi connectivity index (χ1v) is 7.49. The average molecular weight is 351 g/mol. The maximum absolute atomic E-state index is 13.6. The van der Waals surface area contributed by atoms with E-state index in [-0.39, 0.29) is 5.56 Å². The quantitative estimate of drug-likeness (QED) is 0.772. The zero-order chi connectivity index (χ0) is 18.0. The highest BCUT2D eigenvalue weighted by Gasteiger charge is 2.47. The topological polar surface area (TPSA) is 109 Å². The lowest BCUT2D eigenvalue weighted by Crippen LogP contribution is -2.48. The van der Waals surface area contributed by atoms with Crippen LogP contribution in [0.1, 0.15) is 23.2 Å². The molecule has 0 saturated heterocycles. The molecule has 10 heteroatoms. The Morgan fingerprint density at radius 3 is 2.36 bits per heavy atom. The van der Waals surface area contributed by atoms with Crippen molar-refractivity contribution in [2.75, 3.05) is 0 Å². The van der Waals surface area contributed by atoms with Crippen LogP contribution in [0.5, 0.6) is 0 Å². The third kappa shape index (κ3) is 3.73. The molecular formula is C15H15F2N5O3. The van der Waals surface area contributed by atoms with Crippen molar-refractivity contribution in [1.29, 1.82) is 0 Å². The molecule has 1 aliphatic carbocycles. The highest BCUT2D eigenvalue weighted by Crippen LogP contribution is 2.35. The Morgan fingerprint density at radius 1 is 1.12 bits per heavy atom. The summed E-state index contributed by atoms with van der Waals surface area (Å²) in [4.78, 5) is 24.6. The molecule has 2 unspecified atom stereocenters. The largest absolute Gasteiger partial charge is 0.465 e. The highest BCUT2D eigenvalue weighted by molar-refractivity contribution is 5.98. The summed E-state index contributed by atoms with van der Waals surface area (Å²) >= 11 is 0. The second kappa shape index (κ2) is 6.46. The Balaban J connectivity index is 1.81. The summed E-state index contributed by atoms with van der Waals surface area (Å²) in [5.74, 6) is -3.65. The minimum Gasteiger partial charge on any atom is -0.465 e. The minimum atomic E-state index is -3.05. The van der Waals surface area contributed by atoms with E-state index in [0.717, 1.165) is 0 Å². The molecule has 3 N–H and O–H groups in total. The van der Waals surface area contributed by atoms with Crippen LogP contribution in [0.3, 0.4) is 0 Å². The number of alkyl halides is 2. The molecule has 25 heavy (non-hydrogen) atoms. The number of carboxylic acid groups (broad SMARTS) is 1. The molecule has 2 amide bonds. The first kappa shape index (κ1) is 16.8. The molecule has 1 heterocycles. The number of nitrogens with zero attached hydrogens (tertiary/aromatic N) is 3. The van der Waals surface area contributed by atoms with Gasteiger partial charge in [0.15, 0.2) is 0 Å². The van der Waals surface area contributed by atoms with E-state index >= 15 is 0 Å². The summed E-state index contributed by atoms with van der Waals surface area (Å²) < 4.78 is 27.3. The molecule has 0 spiro atoms. The lowest BCUT2D eigenvalue weighted by Gasteiger charge is -2.20. The molecule has 0 bridgehead atoms. The van der Waals surface area contributed by atoms with Gasteiger partial charge in [0.2, 0.25) is 0 Å². The van der Waals surface area contributed by atoms with E-state index < -0.39 is 42.8 Å². The Morgan fingerprint density at radius 2 is 1.72 bits per heavy atom. The van der Waals surface area contributed by atoms with E-state index in [4.69, 9.17) is 5.11 Å². The fourth-order valence-electron chi connectivity index (χ4n) is 2.90. The van der Waals surface area contributed by atoms with E-state index in [9.17, 15) is 18.4 Å². The molecule has 8 nitrogen and oxygen atoms in total. The number of benzene rings is 1. The zero-order valence-corrected chi connectivity index (χ0v) is 12.9. The van der Waals surface area contributed by atoms with Crippen molar-refractivity contribution < 1.29 is 23.5 Å². The average Bonchev–Trinajstić information content (AvgIpc) is 3.15. The lowest BCUT2D eigenvalue weighted by molar-refractivity contribution is 0.00547. The number of nitrogens with one attached hydrogen (secondary N) is 2. The first-order valence-electron chi connectivity index (χ1n) is 7.49. The van der Waals surface area contributed by atoms with Gasteiger partial charge in [0, 0.05) is 12.8 Å². The summed E-state index contributed by atoms with van der Waals surface area (Å²) in [7, 11) is 0. The van der Waals surface area contributed by atoms with Crippen LogP contribution in [0.15, 0.2) is 36.7 Å². The molecule has 1 aromatic heterocycles. The third-order valence-corrected chi connectivity index (χ3v) is 3.93. The van der Waals surface area contributed by atoms with Crippen molar-refractivity contribution in [2.45, 2.75) is 30.8 Å². The van der Waals surface area contributed by atoms with Gasteiger partial charge in [-0.1, -0.05) is 12.1 Å². The minimum absolute atomic E-state index is 0.197. The van der Waals surface area contributed by atoms with Crippen LogP contribution >= 0.6 is 0 Å². The van der Waals surface area contributed by atoms with Gasteiger partial charge in [-0.25, -0.2) is 13.6 Å². The van der Waals surface area contributed by atoms with Crippen LogP contribution < -0.4 is 10.6 Å². The number of hydrogen-bond donors (Lipinski definition) is 3. The Bertz CT molecular complexity index is 781. The van der Waals surface area contributed by atoms with E-state index in [1.807, 2.05) is 5.32 Å². The summed E-state index contributed by atoms with van der Waals surface area (Å²) in [5.41, 5.74) is 0.584. The molecule has 3 rings (SSSR count). The van der Waals surface area contributed by atoms with Crippen LogP contribution in [-0.2, 0) is 0 Å². The van der Waals surface area contributed by atoms with Gasteiger partial charge >= 0.3 is 6.09 Å². The van der Waals surface area contributed by atoms with E-state index in [1.54, 1.807) is 18.2 Å². The highest BCUT2D eigenvalue weighted by atomic mass is 19.3. The number of rotatable bonds is 4. The first-order chi connectivity index (χ1) is 11.9. The summed E-state index contributed by atoms with van der Waals surface area (Å²) in [5, 5.41) is 21.2. The Kier molecular flexibility index (Phi) is 4.34. The fraction of sp³-hybridized carbons (Fsp3) is 0.333. The van der Waals surface area contributed by atoms with Crippen LogP contribution in [0.4, 0.5) is 13.6 Å². The lowest BCUT2D eigenvalue weighted by atomic mass is 10.1. The van der Waals surface area contributed by atoms with Crippen molar-refractivity contribution in [3.63, 3.8) is 0 Å². The van der Waals surface area contributed by atoms with Crippen LogP contribution in [-0.4, -0.2) is 50.1 Å². The number of aromatic nitrogens is 3. The number of para-hydroxylation sites is 1. The normalized spacial score (nSPS) is 21.7. The van der Waals surface area contributed by atoms with Crippen LogP contribution in [0, 0.1) is 0 Å². The number of halogens is 2. The Hall–Kier alpha value is -3.04. The van der Waals surface area contributed by atoms with Crippen LogP contribution in [0.25, 0.3) is 5.69 Å². The molecule has 1 aliphatic rings. The van der Waals surface area contributed by atoms with Gasteiger partial charge in [0.25, 0.3) is 11.8 Å². The van der Waals surface area contributed by atoms with Gasteiger partial charge in [0.1, 0.15) is 0 Å². The SMILES string of the molecule is O=C(O)NC1CC(F)(F)CC1NC(=O)c1ccccc1-n1nccn1. The van der Waals surface area contributed by atoms with Gasteiger partial charge < -0.3 is 15.7 Å². The van der Waals surface area contributed by atoms with Gasteiger partial charge in [-0.2, -0.15) is 15.0 Å². The van der Waals surface area contributed by atoms with Crippen molar-refractivity contribution in [3.05, 3.63) is 42.2 Å². The molecule has 1 fully saturated rings. The van der Waals surface area contributed by atoms with Crippen LogP contribution in [0.2, 0.25) is 0 Å². The summed E-state index contributed by atoms with van der Waals surface area (Å²) in [6.45, 7) is 0. The molecule has 1 saturated carbocycles. The van der Waals surface area contributed by atoms with Crippen molar-refractivity contribution >= 4 is 12.0 Å². The molecule has 2 aromatic rings. The second-order valence-electron chi connectivity index (χ2n) is 5.74. The fourth-order valence-corrected chi connectivity index (χ4v) is 2.90. The molecular weight excluding hydrogens is 336 g/mol. The number of hydrogen-bond acceptors (Lipinski definition) is 4. The molecule has 0 radical (unpaired) electrons. The van der Waals surface area contributed by atoms with Crippen molar-refractivity contribution in [1.82, 2.24) is 25.6 Å². The third-order valence-electron chi connectivity index (χ3n) is 3.93. The number of carbonyl (C=O) groups is 2. The predicted octanol–water partition coefficient (Wildman–Crippen LogP) is 1.43. The Labute approximate surface area is 140 Å². The van der Waals surface area contributed by atoms with Crippen molar-refractivity contribution in [3.8, 4) is 5.69 Å². The molecule has 132 valence electrons. The van der Waals surface area contributed by atoms with Gasteiger partial charge in [0.05, 0.1) is 35.7 Å². The standard InChI is InChI=1S/C15H15F2N5O3/c16-15(17)7-10(11(8-15)21-14(24)25)20-13(23)9-3-1-2-4-12(9)22-18-5-6-19-22/h1-6,10-11,21H,7-8H2,(H,20,23)(H,24,25). The van der Waals surface area contributed by atoms with E-state index in [0.29, 0.717) is 5.69 Å². The van der Waals surface area contributed by atoms with E-state index in [2.05, 4.69) is 15.5 Å². The van der Waals surface area contributed by atoms with Gasteiger partial charge in [-0.05, 0) is 12.1 Å². The van der Waals surface area contributed by atoms with Gasteiger partial charge in [-0.15, -0.1) is 0 Å². The van der Waals surface area contributed by atoms with Crippen molar-refractivity contribution in [2.24, 2.45) is 0 Å². The predicted molar refractivity (Wildman–Crippen MR) is 81.7 cm³/mol. The summed E-state index contributed by atoms with van der Waals surface area (Å²) in [6.07, 6.45) is 0.180. The molecule has 1 aromatic carbocycles. The maximum atomic E-state index is 13.6.